The molecule has 2 radical (unpaired) electrons. The van der Waals surface area contributed by atoms with Crippen LogP contribution in [0.4, 0.5) is 0 Å². The highest BCUT2D eigenvalue weighted by Crippen LogP contribution is 2.16. The first-order valence-corrected chi connectivity index (χ1v) is 5.39. The lowest BCUT2D eigenvalue weighted by molar-refractivity contribution is 0.306. The van der Waals surface area contributed by atoms with E-state index in [0.29, 0.717) is 12.2 Å². The van der Waals surface area contributed by atoms with E-state index in [0.717, 1.165) is 17.1 Å². The van der Waals surface area contributed by atoms with Crippen LogP contribution >= 0.6 is 0 Å². The van der Waals surface area contributed by atoms with Gasteiger partial charge in [0.25, 0.3) is 0 Å². The molecule has 0 amide bonds. The van der Waals surface area contributed by atoms with Crippen molar-refractivity contribution >= 4 is 0 Å². The van der Waals surface area contributed by atoms with Crippen LogP contribution in [0.1, 0.15) is 11.1 Å². The third-order valence-corrected chi connectivity index (χ3v) is 2.42. The van der Waals surface area contributed by atoms with Crippen LogP contribution in [0.2, 0.25) is 0 Å². The van der Waals surface area contributed by atoms with Gasteiger partial charge in [0.1, 0.15) is 18.1 Å². The Kier molecular flexibility index (Phi) is 3.66. The lowest BCUT2D eigenvalue weighted by Gasteiger charge is -2.07. The van der Waals surface area contributed by atoms with Gasteiger partial charge in [0.2, 0.25) is 0 Å². The molecule has 0 aliphatic rings. The first-order chi connectivity index (χ1) is 8.28. The number of rotatable bonds is 4. The van der Waals surface area contributed by atoms with E-state index in [1.807, 2.05) is 48.5 Å². The quantitative estimate of drug-likeness (QED) is 0.796. The summed E-state index contributed by atoms with van der Waals surface area (Å²) >= 11 is 0. The van der Waals surface area contributed by atoms with Gasteiger partial charge in [-0.15, -0.1) is 0 Å². The minimum atomic E-state index is 0.521. The van der Waals surface area contributed by atoms with Crippen molar-refractivity contribution in [3.05, 3.63) is 66.6 Å². The molecule has 0 aromatic heterocycles. The van der Waals surface area contributed by atoms with Crippen LogP contribution in [0.15, 0.2) is 48.5 Å². The monoisotopic (exact) mass is 226 g/mol. The number of ether oxygens (including phenoxy) is 2. The van der Waals surface area contributed by atoms with E-state index in [9.17, 15) is 0 Å². The van der Waals surface area contributed by atoms with E-state index in [-0.39, 0.29) is 0 Å². The Balaban J connectivity index is 1.97. The van der Waals surface area contributed by atoms with Crippen molar-refractivity contribution in [3.63, 3.8) is 0 Å². The van der Waals surface area contributed by atoms with Crippen molar-refractivity contribution in [1.82, 2.24) is 0 Å². The average Bonchev–Trinajstić information content (AvgIpc) is 2.37. The number of methoxy groups -OCH3 is 1. The summed E-state index contributed by atoms with van der Waals surface area (Å²) in [5.74, 6) is 1.62. The van der Waals surface area contributed by atoms with Gasteiger partial charge < -0.3 is 9.47 Å². The van der Waals surface area contributed by atoms with Crippen LogP contribution in [0.5, 0.6) is 11.5 Å². The van der Waals surface area contributed by atoms with Gasteiger partial charge in [-0.3, -0.25) is 0 Å². The lowest BCUT2D eigenvalue weighted by atomic mass is 10.2. The maximum absolute atomic E-state index is 5.67. The molecule has 2 nitrogen and oxygen atoms in total. The van der Waals surface area contributed by atoms with Gasteiger partial charge in [0.15, 0.2) is 0 Å². The highest BCUT2D eigenvalue weighted by Gasteiger charge is 1.97. The summed E-state index contributed by atoms with van der Waals surface area (Å²) in [7, 11) is 1.65. The van der Waals surface area contributed by atoms with E-state index >= 15 is 0 Å². The molecule has 0 atom stereocenters. The second kappa shape index (κ2) is 5.39. The molecule has 17 heavy (non-hydrogen) atoms. The molecule has 0 heterocycles. The fourth-order valence-electron chi connectivity index (χ4n) is 1.49. The molecule has 0 unspecified atom stereocenters. The summed E-state index contributed by atoms with van der Waals surface area (Å²) in [6.07, 6.45) is 0. The van der Waals surface area contributed by atoms with Crippen molar-refractivity contribution < 1.29 is 9.47 Å². The second-order valence-electron chi connectivity index (χ2n) is 3.71. The molecule has 86 valence electrons. The third kappa shape index (κ3) is 3.25. The molecule has 0 aliphatic carbocycles. The first kappa shape index (κ1) is 11.5. The standard InChI is InChI=1S/C15H14O2/c1-12-4-3-5-15(10-12)17-11-13-6-8-14(16-2)9-7-13/h1,3-10H,11H2,2H3. The molecule has 0 fully saturated rings. The molecule has 0 saturated carbocycles. The zero-order chi connectivity index (χ0) is 12.1. The van der Waals surface area contributed by atoms with E-state index in [4.69, 9.17) is 16.4 Å². The molecule has 2 aromatic rings. The number of hydrogen-bond acceptors (Lipinski definition) is 2. The molecule has 0 saturated heterocycles. The van der Waals surface area contributed by atoms with Gasteiger partial charge in [-0.25, -0.2) is 0 Å². The van der Waals surface area contributed by atoms with Crippen LogP contribution in [0, 0.1) is 6.92 Å². The molecule has 2 rings (SSSR count). The zero-order valence-corrected chi connectivity index (χ0v) is 9.72. The largest absolute Gasteiger partial charge is 0.497 e. The molecule has 0 bridgehead atoms. The van der Waals surface area contributed by atoms with Gasteiger partial charge >= 0.3 is 0 Å². The van der Waals surface area contributed by atoms with Crippen LogP contribution in [0.25, 0.3) is 0 Å². The Morgan fingerprint density at radius 3 is 2.41 bits per heavy atom. The molecule has 0 N–H and O–H groups in total. The van der Waals surface area contributed by atoms with E-state index in [2.05, 4.69) is 0 Å². The van der Waals surface area contributed by atoms with Crippen molar-refractivity contribution in [2.45, 2.75) is 6.61 Å². The fourth-order valence-corrected chi connectivity index (χ4v) is 1.49. The average molecular weight is 226 g/mol. The minimum Gasteiger partial charge on any atom is -0.497 e. The molecule has 2 heteroatoms. The SMILES string of the molecule is [CH]c1cccc(OCc2ccc(OC)cc2)c1. The molecular weight excluding hydrogens is 212 g/mol. The van der Waals surface area contributed by atoms with Gasteiger partial charge in [0.05, 0.1) is 7.11 Å². The summed E-state index contributed by atoms with van der Waals surface area (Å²) in [6.45, 7) is 6.19. The molecular formula is C15H14O2. The smallest absolute Gasteiger partial charge is 0.120 e. The summed E-state index contributed by atoms with van der Waals surface area (Å²) in [4.78, 5) is 0. The van der Waals surface area contributed by atoms with Gasteiger partial charge in [-0.2, -0.15) is 0 Å². The maximum atomic E-state index is 5.67. The Morgan fingerprint density at radius 2 is 1.76 bits per heavy atom. The van der Waals surface area contributed by atoms with Crippen LogP contribution in [-0.4, -0.2) is 7.11 Å². The van der Waals surface area contributed by atoms with E-state index < -0.39 is 0 Å². The van der Waals surface area contributed by atoms with Crippen LogP contribution < -0.4 is 9.47 Å². The van der Waals surface area contributed by atoms with Gasteiger partial charge in [-0.1, -0.05) is 24.3 Å². The van der Waals surface area contributed by atoms with E-state index in [1.165, 1.54) is 0 Å². The van der Waals surface area contributed by atoms with Crippen LogP contribution in [-0.2, 0) is 6.61 Å². The van der Waals surface area contributed by atoms with Crippen LogP contribution in [0.3, 0.4) is 0 Å². The van der Waals surface area contributed by atoms with Crippen molar-refractivity contribution in [3.8, 4) is 11.5 Å². The van der Waals surface area contributed by atoms with Crippen molar-refractivity contribution in [2.24, 2.45) is 0 Å². The highest BCUT2D eigenvalue weighted by atomic mass is 16.5. The van der Waals surface area contributed by atoms with Crippen molar-refractivity contribution in [1.29, 1.82) is 0 Å². The van der Waals surface area contributed by atoms with E-state index in [1.54, 1.807) is 7.11 Å². The predicted octanol–water partition coefficient (Wildman–Crippen LogP) is 3.33. The summed E-state index contributed by atoms with van der Waals surface area (Å²) in [5, 5.41) is 0. The maximum Gasteiger partial charge on any atom is 0.120 e. The second-order valence-corrected chi connectivity index (χ2v) is 3.71. The number of hydrogen-bond donors (Lipinski definition) is 0. The Morgan fingerprint density at radius 1 is 1.00 bits per heavy atom. The molecule has 0 aliphatic heterocycles. The molecule has 2 aromatic carbocycles. The topological polar surface area (TPSA) is 18.5 Å². The van der Waals surface area contributed by atoms with Gasteiger partial charge in [0, 0.05) is 0 Å². The fraction of sp³-hybridized carbons (Fsp3) is 0.133. The lowest BCUT2D eigenvalue weighted by Crippen LogP contribution is -1.95. The van der Waals surface area contributed by atoms with Crippen molar-refractivity contribution in [2.75, 3.05) is 7.11 Å². The molecule has 0 spiro atoms. The zero-order valence-electron chi connectivity index (χ0n) is 9.72. The predicted molar refractivity (Wildman–Crippen MR) is 67.2 cm³/mol. The first-order valence-electron chi connectivity index (χ1n) is 5.39. The Labute approximate surface area is 102 Å². The highest BCUT2D eigenvalue weighted by molar-refractivity contribution is 5.31. The Bertz CT molecular complexity index is 475. The van der Waals surface area contributed by atoms with Gasteiger partial charge in [-0.05, 0) is 42.3 Å². The Hall–Kier alpha value is -1.96. The third-order valence-electron chi connectivity index (χ3n) is 2.42. The number of benzene rings is 2. The minimum absolute atomic E-state index is 0.521. The summed E-state index contributed by atoms with van der Waals surface area (Å²) in [6, 6.07) is 15.2. The summed E-state index contributed by atoms with van der Waals surface area (Å²) < 4.78 is 10.7. The summed E-state index contributed by atoms with van der Waals surface area (Å²) in [5.41, 5.74) is 1.80. The normalized spacial score (nSPS) is 10.0.